The molecule has 0 aromatic rings. The normalized spacial score (nSPS) is 12.4. The summed E-state index contributed by atoms with van der Waals surface area (Å²) < 4.78 is 5.35. The number of rotatable bonds is 7. The van der Waals surface area contributed by atoms with Gasteiger partial charge >= 0.3 is 6.09 Å². The highest BCUT2D eigenvalue weighted by molar-refractivity contribution is 14.0. The van der Waals surface area contributed by atoms with Crippen molar-refractivity contribution in [3.05, 3.63) is 0 Å². The van der Waals surface area contributed by atoms with Gasteiger partial charge in [0.15, 0.2) is 5.96 Å². The fourth-order valence-corrected chi connectivity index (χ4v) is 2.09. The molecule has 138 valence electrons. The third kappa shape index (κ3) is 9.22. The fourth-order valence-electron chi connectivity index (χ4n) is 2.09. The number of nitrogens with one attached hydrogen (secondary N) is 1. The number of guanidine groups is 1. The van der Waals surface area contributed by atoms with Gasteiger partial charge < -0.3 is 20.7 Å². The van der Waals surface area contributed by atoms with Crippen LogP contribution in [0.2, 0.25) is 0 Å². The minimum atomic E-state index is -0.513. The van der Waals surface area contributed by atoms with Crippen LogP contribution in [0.3, 0.4) is 0 Å². The first-order chi connectivity index (χ1) is 10.1. The van der Waals surface area contributed by atoms with E-state index in [4.69, 9.17) is 10.5 Å². The summed E-state index contributed by atoms with van der Waals surface area (Å²) in [5.41, 5.74) is 5.08. The lowest BCUT2D eigenvalue weighted by atomic mass is 9.93. The van der Waals surface area contributed by atoms with E-state index in [9.17, 15) is 4.79 Å². The Kier molecular flexibility index (Phi) is 11.7. The number of amides is 1. The molecule has 0 aliphatic rings. The largest absolute Gasteiger partial charge is 0.444 e. The van der Waals surface area contributed by atoms with Crippen LogP contribution in [-0.4, -0.2) is 47.7 Å². The Bertz CT molecular complexity index is 373. The topological polar surface area (TPSA) is 80.0 Å². The van der Waals surface area contributed by atoms with Crippen molar-refractivity contribution in [3.8, 4) is 0 Å². The Morgan fingerprint density at radius 2 is 1.61 bits per heavy atom. The van der Waals surface area contributed by atoms with E-state index < -0.39 is 17.2 Å². The molecular weight excluding hydrogens is 407 g/mol. The molecule has 0 unspecified atom stereocenters. The van der Waals surface area contributed by atoms with Crippen LogP contribution in [-0.2, 0) is 4.74 Å². The summed E-state index contributed by atoms with van der Waals surface area (Å²) in [5, 5.41) is 2.97. The number of hydrogen-bond donors (Lipinski definition) is 2. The van der Waals surface area contributed by atoms with Crippen molar-refractivity contribution in [2.24, 2.45) is 10.7 Å². The van der Waals surface area contributed by atoms with Crippen LogP contribution < -0.4 is 11.1 Å². The smallest absolute Gasteiger partial charge is 0.408 e. The maximum atomic E-state index is 12.1. The second kappa shape index (κ2) is 10.9. The van der Waals surface area contributed by atoms with Crippen molar-refractivity contribution in [1.82, 2.24) is 10.2 Å². The molecule has 0 aliphatic carbocycles. The molecule has 0 bridgehead atoms. The van der Waals surface area contributed by atoms with Crippen molar-refractivity contribution in [2.45, 2.75) is 72.4 Å². The molecule has 1 amide bonds. The monoisotopic (exact) mass is 442 g/mol. The first kappa shape index (κ1) is 24.5. The van der Waals surface area contributed by atoms with E-state index in [1.165, 1.54) is 0 Å². The SMILES string of the molecule is CCN(CC)C(N)=NCC(CC)(CC)NC(=O)OC(C)(C)C.I. The Hall–Kier alpha value is -0.730. The van der Waals surface area contributed by atoms with Crippen molar-refractivity contribution in [1.29, 1.82) is 0 Å². The van der Waals surface area contributed by atoms with Crippen LogP contribution in [0.25, 0.3) is 0 Å². The van der Waals surface area contributed by atoms with Gasteiger partial charge in [0.1, 0.15) is 5.60 Å². The molecule has 0 fully saturated rings. The summed E-state index contributed by atoms with van der Waals surface area (Å²) in [4.78, 5) is 18.5. The summed E-state index contributed by atoms with van der Waals surface area (Å²) in [7, 11) is 0. The molecule has 0 rings (SSSR count). The molecule has 0 saturated heterocycles. The lowest BCUT2D eigenvalue weighted by Crippen LogP contribution is -2.52. The van der Waals surface area contributed by atoms with Crippen molar-refractivity contribution < 1.29 is 9.53 Å². The lowest BCUT2D eigenvalue weighted by molar-refractivity contribution is 0.0451. The molecule has 0 radical (unpaired) electrons. The van der Waals surface area contributed by atoms with Crippen molar-refractivity contribution in [3.63, 3.8) is 0 Å². The number of nitrogens with two attached hydrogens (primary N) is 1. The number of carbonyl (C=O) groups is 1. The standard InChI is InChI=1S/C16H34N4O2.HI/c1-8-16(9-2,19-14(21)22-15(5,6)7)12-18-13(17)20(10-3)11-4;/h8-12H2,1-7H3,(H2,17,18)(H,19,21);1H. The van der Waals surface area contributed by atoms with Gasteiger partial charge in [0.25, 0.3) is 0 Å². The van der Waals surface area contributed by atoms with Crippen LogP contribution in [0.5, 0.6) is 0 Å². The van der Waals surface area contributed by atoms with Crippen LogP contribution >= 0.6 is 24.0 Å². The summed E-state index contributed by atoms with van der Waals surface area (Å²) >= 11 is 0. The van der Waals surface area contributed by atoms with Gasteiger partial charge in [-0.25, -0.2) is 4.79 Å². The Balaban J connectivity index is 0. The van der Waals surface area contributed by atoms with Gasteiger partial charge in [-0.2, -0.15) is 0 Å². The zero-order chi connectivity index (χ0) is 17.4. The Morgan fingerprint density at radius 3 is 1.96 bits per heavy atom. The van der Waals surface area contributed by atoms with Crippen LogP contribution in [0.4, 0.5) is 4.79 Å². The second-order valence-corrected chi connectivity index (χ2v) is 6.46. The maximum Gasteiger partial charge on any atom is 0.408 e. The molecule has 0 heterocycles. The third-order valence-electron chi connectivity index (χ3n) is 3.75. The number of hydrogen-bond acceptors (Lipinski definition) is 3. The second-order valence-electron chi connectivity index (χ2n) is 6.46. The van der Waals surface area contributed by atoms with Crippen LogP contribution in [0.1, 0.15) is 61.3 Å². The van der Waals surface area contributed by atoms with Crippen LogP contribution in [0, 0.1) is 0 Å². The van der Waals surface area contributed by atoms with E-state index in [1.807, 2.05) is 53.4 Å². The van der Waals surface area contributed by atoms with Crippen molar-refractivity contribution >= 4 is 36.0 Å². The average molecular weight is 442 g/mol. The van der Waals surface area contributed by atoms with E-state index in [-0.39, 0.29) is 24.0 Å². The minimum absolute atomic E-state index is 0. The van der Waals surface area contributed by atoms with E-state index in [0.29, 0.717) is 12.5 Å². The number of aliphatic imine (C=N–C) groups is 1. The highest BCUT2D eigenvalue weighted by Gasteiger charge is 2.30. The van der Waals surface area contributed by atoms with Gasteiger partial charge in [-0.3, -0.25) is 4.99 Å². The number of halogens is 1. The van der Waals surface area contributed by atoms with E-state index >= 15 is 0 Å². The maximum absolute atomic E-state index is 12.1. The molecule has 6 nitrogen and oxygen atoms in total. The molecule has 0 atom stereocenters. The Labute approximate surface area is 158 Å². The lowest BCUT2D eigenvalue weighted by Gasteiger charge is -2.33. The highest BCUT2D eigenvalue weighted by atomic mass is 127. The minimum Gasteiger partial charge on any atom is -0.444 e. The van der Waals surface area contributed by atoms with Gasteiger partial charge in [-0.15, -0.1) is 24.0 Å². The molecule has 0 spiro atoms. The first-order valence-corrected chi connectivity index (χ1v) is 8.19. The van der Waals surface area contributed by atoms with Gasteiger partial charge in [-0.05, 0) is 47.5 Å². The number of carbonyl (C=O) groups excluding carboxylic acids is 1. The van der Waals surface area contributed by atoms with E-state index in [0.717, 1.165) is 25.9 Å². The molecule has 0 saturated carbocycles. The average Bonchev–Trinajstić information content (AvgIpc) is 2.43. The molecule has 3 N–H and O–H groups in total. The van der Waals surface area contributed by atoms with Crippen LogP contribution in [0.15, 0.2) is 4.99 Å². The highest BCUT2D eigenvalue weighted by Crippen LogP contribution is 2.17. The van der Waals surface area contributed by atoms with Gasteiger partial charge in [-0.1, -0.05) is 13.8 Å². The van der Waals surface area contributed by atoms with Crippen molar-refractivity contribution in [2.75, 3.05) is 19.6 Å². The predicted octanol–water partition coefficient (Wildman–Crippen LogP) is 3.34. The number of alkyl carbamates (subject to hydrolysis) is 1. The number of nitrogens with zero attached hydrogens (tertiary/aromatic N) is 2. The summed E-state index contributed by atoms with van der Waals surface area (Å²) in [6.07, 6.45) is 1.11. The zero-order valence-corrected chi connectivity index (χ0v) is 18.1. The van der Waals surface area contributed by atoms with Gasteiger partial charge in [0, 0.05) is 13.1 Å². The molecular formula is C16H35IN4O2. The van der Waals surface area contributed by atoms with Gasteiger partial charge in [0.05, 0.1) is 12.1 Å². The molecule has 0 aromatic heterocycles. The quantitative estimate of drug-likeness (QED) is 0.360. The fraction of sp³-hybridized carbons (Fsp3) is 0.875. The predicted molar refractivity (Wildman–Crippen MR) is 108 cm³/mol. The molecule has 0 aromatic carbocycles. The summed E-state index contributed by atoms with van der Waals surface area (Å²) in [6, 6.07) is 0. The molecule has 7 heteroatoms. The first-order valence-electron chi connectivity index (χ1n) is 8.19. The summed E-state index contributed by atoms with van der Waals surface area (Å²) in [6.45, 7) is 15.8. The summed E-state index contributed by atoms with van der Waals surface area (Å²) in [5.74, 6) is 0.516. The molecule has 23 heavy (non-hydrogen) atoms. The zero-order valence-electron chi connectivity index (χ0n) is 15.7. The van der Waals surface area contributed by atoms with Gasteiger partial charge in [0.2, 0.25) is 0 Å². The number of ether oxygens (including phenoxy) is 1. The Morgan fingerprint density at radius 1 is 1.13 bits per heavy atom. The van der Waals surface area contributed by atoms with E-state index in [2.05, 4.69) is 10.3 Å². The molecule has 0 aliphatic heterocycles. The van der Waals surface area contributed by atoms with E-state index in [1.54, 1.807) is 0 Å². The third-order valence-corrected chi connectivity index (χ3v) is 3.75.